The number of methoxy groups -OCH3 is 1. The average molecular weight is 221 g/mol. The van der Waals surface area contributed by atoms with E-state index >= 15 is 0 Å². The van der Waals surface area contributed by atoms with Crippen molar-refractivity contribution in [2.75, 3.05) is 25.6 Å². The van der Waals surface area contributed by atoms with Crippen LogP contribution in [0.5, 0.6) is 5.75 Å². The molecule has 0 aromatic heterocycles. The minimum absolute atomic E-state index is 0.0192. The van der Waals surface area contributed by atoms with Crippen LogP contribution in [0.1, 0.15) is 6.42 Å². The summed E-state index contributed by atoms with van der Waals surface area (Å²) in [6, 6.07) is 7.33. The maximum atomic E-state index is 11.8. The smallest absolute Gasteiger partial charge is 0.229 e. The lowest BCUT2D eigenvalue weighted by molar-refractivity contribution is -0.119. The van der Waals surface area contributed by atoms with Gasteiger partial charge in [0.05, 0.1) is 19.6 Å². The molecular weight excluding hydrogens is 206 g/mol. The number of hydrogen-bond acceptors (Lipinski definition) is 3. The lowest BCUT2D eigenvalue weighted by atomic mass is 10.1. The summed E-state index contributed by atoms with van der Waals surface area (Å²) in [4.78, 5) is 11.8. The van der Waals surface area contributed by atoms with E-state index in [9.17, 15) is 4.79 Å². The van der Waals surface area contributed by atoms with Crippen molar-refractivity contribution < 1.29 is 14.3 Å². The summed E-state index contributed by atoms with van der Waals surface area (Å²) < 4.78 is 10.3. The van der Waals surface area contributed by atoms with E-state index in [-0.39, 0.29) is 11.8 Å². The summed E-state index contributed by atoms with van der Waals surface area (Å²) in [5.74, 6) is 0.734. The Labute approximate surface area is 94.6 Å². The Morgan fingerprint density at radius 3 is 3.12 bits per heavy atom. The lowest BCUT2D eigenvalue weighted by Crippen LogP contribution is -2.22. The molecule has 16 heavy (non-hydrogen) atoms. The molecule has 1 unspecified atom stereocenters. The van der Waals surface area contributed by atoms with Crippen LogP contribution in [-0.2, 0) is 9.53 Å². The van der Waals surface area contributed by atoms with E-state index in [4.69, 9.17) is 9.47 Å². The normalized spacial score (nSPS) is 19.4. The number of benzene rings is 1. The Morgan fingerprint density at radius 2 is 2.44 bits per heavy atom. The highest BCUT2D eigenvalue weighted by Gasteiger charge is 2.23. The molecule has 4 nitrogen and oxygen atoms in total. The van der Waals surface area contributed by atoms with Crippen LogP contribution < -0.4 is 10.1 Å². The molecular formula is C12H15NO3. The van der Waals surface area contributed by atoms with E-state index in [2.05, 4.69) is 5.32 Å². The number of anilines is 1. The molecule has 1 atom stereocenters. The SMILES string of the molecule is COc1cccc(NC(=O)C2CCOC2)c1. The average Bonchev–Trinajstić information content (AvgIpc) is 2.83. The van der Waals surface area contributed by atoms with Gasteiger partial charge in [0.25, 0.3) is 0 Å². The predicted octanol–water partition coefficient (Wildman–Crippen LogP) is 1.67. The van der Waals surface area contributed by atoms with Crippen molar-refractivity contribution in [1.29, 1.82) is 0 Å². The van der Waals surface area contributed by atoms with Crippen LogP contribution in [0.15, 0.2) is 24.3 Å². The highest BCUT2D eigenvalue weighted by Crippen LogP contribution is 2.19. The fourth-order valence-electron chi connectivity index (χ4n) is 1.69. The zero-order valence-corrected chi connectivity index (χ0v) is 9.23. The van der Waals surface area contributed by atoms with Gasteiger partial charge in [0, 0.05) is 18.4 Å². The fourth-order valence-corrected chi connectivity index (χ4v) is 1.69. The van der Waals surface area contributed by atoms with Gasteiger partial charge in [-0.3, -0.25) is 4.79 Å². The number of hydrogen-bond donors (Lipinski definition) is 1. The van der Waals surface area contributed by atoms with Crippen LogP contribution in [0, 0.1) is 5.92 Å². The number of carbonyl (C=O) groups excluding carboxylic acids is 1. The van der Waals surface area contributed by atoms with Gasteiger partial charge < -0.3 is 14.8 Å². The maximum Gasteiger partial charge on any atom is 0.229 e. The number of carbonyl (C=O) groups is 1. The number of amides is 1. The van der Waals surface area contributed by atoms with Gasteiger partial charge in [-0.2, -0.15) is 0 Å². The quantitative estimate of drug-likeness (QED) is 0.844. The Bertz CT molecular complexity index is 372. The topological polar surface area (TPSA) is 47.6 Å². The fraction of sp³-hybridized carbons (Fsp3) is 0.417. The Kier molecular flexibility index (Phi) is 3.41. The van der Waals surface area contributed by atoms with Crippen LogP contribution in [0.25, 0.3) is 0 Å². The van der Waals surface area contributed by atoms with Gasteiger partial charge in [-0.15, -0.1) is 0 Å². The highest BCUT2D eigenvalue weighted by atomic mass is 16.5. The van der Waals surface area contributed by atoms with Gasteiger partial charge in [-0.25, -0.2) is 0 Å². The molecule has 1 amide bonds. The van der Waals surface area contributed by atoms with Gasteiger partial charge in [0.15, 0.2) is 0 Å². The Hall–Kier alpha value is -1.55. The van der Waals surface area contributed by atoms with E-state index < -0.39 is 0 Å². The first kappa shape index (κ1) is 11.0. The zero-order valence-electron chi connectivity index (χ0n) is 9.23. The second-order valence-corrected chi connectivity index (χ2v) is 3.78. The summed E-state index contributed by atoms with van der Waals surface area (Å²) in [6.45, 7) is 1.20. The lowest BCUT2D eigenvalue weighted by Gasteiger charge is -2.10. The molecule has 1 aromatic carbocycles. The van der Waals surface area contributed by atoms with E-state index in [1.165, 1.54) is 0 Å². The van der Waals surface area contributed by atoms with Crippen LogP contribution >= 0.6 is 0 Å². The molecule has 4 heteroatoms. The van der Waals surface area contributed by atoms with E-state index in [0.29, 0.717) is 13.2 Å². The molecule has 0 bridgehead atoms. The van der Waals surface area contributed by atoms with Crippen molar-refractivity contribution in [3.63, 3.8) is 0 Å². The molecule has 1 fully saturated rings. The van der Waals surface area contributed by atoms with Crippen molar-refractivity contribution in [2.45, 2.75) is 6.42 Å². The van der Waals surface area contributed by atoms with Crippen LogP contribution in [-0.4, -0.2) is 26.2 Å². The molecule has 0 aliphatic carbocycles. The summed E-state index contributed by atoms with van der Waals surface area (Å²) >= 11 is 0. The minimum Gasteiger partial charge on any atom is -0.497 e. The third-order valence-corrected chi connectivity index (χ3v) is 2.64. The van der Waals surface area contributed by atoms with Gasteiger partial charge in [-0.05, 0) is 18.6 Å². The molecule has 1 aromatic rings. The molecule has 86 valence electrons. The van der Waals surface area contributed by atoms with Crippen LogP contribution in [0.3, 0.4) is 0 Å². The first-order valence-corrected chi connectivity index (χ1v) is 5.32. The maximum absolute atomic E-state index is 11.8. The van der Waals surface area contributed by atoms with Crippen LogP contribution in [0.2, 0.25) is 0 Å². The Balaban J connectivity index is 1.99. The third kappa shape index (κ3) is 2.52. The van der Waals surface area contributed by atoms with E-state index in [1.807, 2.05) is 18.2 Å². The second-order valence-electron chi connectivity index (χ2n) is 3.78. The summed E-state index contributed by atoms with van der Waals surface area (Å²) in [5.41, 5.74) is 0.760. The summed E-state index contributed by atoms with van der Waals surface area (Å²) in [7, 11) is 1.60. The molecule has 1 aliphatic rings. The van der Waals surface area contributed by atoms with E-state index in [1.54, 1.807) is 13.2 Å². The molecule has 2 rings (SSSR count). The third-order valence-electron chi connectivity index (χ3n) is 2.64. The van der Waals surface area contributed by atoms with Crippen molar-refractivity contribution >= 4 is 11.6 Å². The first-order chi connectivity index (χ1) is 7.79. The number of ether oxygens (including phenoxy) is 2. The number of rotatable bonds is 3. The monoisotopic (exact) mass is 221 g/mol. The molecule has 0 radical (unpaired) electrons. The molecule has 1 saturated heterocycles. The van der Waals surface area contributed by atoms with Gasteiger partial charge >= 0.3 is 0 Å². The van der Waals surface area contributed by atoms with Crippen molar-refractivity contribution in [1.82, 2.24) is 0 Å². The molecule has 1 N–H and O–H groups in total. The van der Waals surface area contributed by atoms with Gasteiger partial charge in [-0.1, -0.05) is 6.07 Å². The Morgan fingerprint density at radius 1 is 1.56 bits per heavy atom. The largest absolute Gasteiger partial charge is 0.497 e. The second kappa shape index (κ2) is 4.99. The number of nitrogens with one attached hydrogen (secondary N) is 1. The van der Waals surface area contributed by atoms with Crippen molar-refractivity contribution in [3.05, 3.63) is 24.3 Å². The van der Waals surface area contributed by atoms with Crippen molar-refractivity contribution in [2.24, 2.45) is 5.92 Å². The van der Waals surface area contributed by atoms with Crippen LogP contribution in [0.4, 0.5) is 5.69 Å². The van der Waals surface area contributed by atoms with Gasteiger partial charge in [0.1, 0.15) is 5.75 Å². The first-order valence-electron chi connectivity index (χ1n) is 5.32. The predicted molar refractivity (Wildman–Crippen MR) is 60.5 cm³/mol. The van der Waals surface area contributed by atoms with E-state index in [0.717, 1.165) is 17.9 Å². The molecule has 0 saturated carbocycles. The minimum atomic E-state index is -0.0220. The van der Waals surface area contributed by atoms with Crippen molar-refractivity contribution in [3.8, 4) is 5.75 Å². The molecule has 0 spiro atoms. The highest BCUT2D eigenvalue weighted by molar-refractivity contribution is 5.92. The standard InChI is InChI=1S/C12H15NO3/c1-15-11-4-2-3-10(7-11)13-12(14)9-5-6-16-8-9/h2-4,7,9H,5-6,8H2,1H3,(H,13,14). The van der Waals surface area contributed by atoms with Gasteiger partial charge in [0.2, 0.25) is 5.91 Å². The summed E-state index contributed by atoms with van der Waals surface area (Å²) in [6.07, 6.45) is 0.801. The zero-order chi connectivity index (χ0) is 11.4. The summed E-state index contributed by atoms with van der Waals surface area (Å²) in [5, 5.41) is 2.86. The molecule has 1 aliphatic heterocycles. The molecule has 1 heterocycles.